The van der Waals surface area contributed by atoms with E-state index in [0.29, 0.717) is 0 Å². The highest BCUT2D eigenvalue weighted by molar-refractivity contribution is 5.76. The van der Waals surface area contributed by atoms with E-state index in [4.69, 9.17) is 4.84 Å². The van der Waals surface area contributed by atoms with E-state index in [0.717, 1.165) is 16.6 Å². The Balaban J connectivity index is 2.74. The van der Waals surface area contributed by atoms with Crippen LogP contribution in [0.25, 0.3) is 11.0 Å². The van der Waals surface area contributed by atoms with Gasteiger partial charge in [0.15, 0.2) is 0 Å². The maximum Gasteiger partial charge on any atom is 0.117 e. The predicted molar refractivity (Wildman–Crippen MR) is 44.8 cm³/mol. The minimum Gasteiger partial charge on any atom is -0.400 e. The van der Waals surface area contributed by atoms with Crippen molar-refractivity contribution in [2.75, 3.05) is 7.11 Å². The van der Waals surface area contributed by atoms with Gasteiger partial charge in [0, 0.05) is 6.20 Å². The molecule has 0 amide bonds. The molecule has 0 spiro atoms. The lowest BCUT2D eigenvalue weighted by Crippen LogP contribution is -2.04. The number of aryl methyl sites for hydroxylation is 1. The fourth-order valence-corrected chi connectivity index (χ4v) is 1.12. The van der Waals surface area contributed by atoms with Crippen molar-refractivity contribution in [1.29, 1.82) is 0 Å². The minimum atomic E-state index is 0.858. The van der Waals surface area contributed by atoms with Gasteiger partial charge in [0.2, 0.25) is 0 Å². The van der Waals surface area contributed by atoms with E-state index in [-0.39, 0.29) is 0 Å². The molecule has 2 aromatic rings. The molecule has 2 aromatic heterocycles. The molecule has 2 rings (SSSR count). The standard InChI is InChI=1S/C8H9N3O/c1-6-3-4-9-7-5-11(12-2)10-8(6)7/h3-5H,1-2H3. The zero-order chi connectivity index (χ0) is 8.55. The van der Waals surface area contributed by atoms with Gasteiger partial charge in [-0.05, 0) is 18.6 Å². The van der Waals surface area contributed by atoms with Crippen LogP contribution in [0.15, 0.2) is 18.5 Å². The Kier molecular flexibility index (Phi) is 1.46. The average molecular weight is 163 g/mol. The van der Waals surface area contributed by atoms with Gasteiger partial charge in [-0.2, -0.15) is 0 Å². The number of hydrogen-bond donors (Lipinski definition) is 0. The number of fused-ring (bicyclic) bond motifs is 1. The van der Waals surface area contributed by atoms with Gasteiger partial charge < -0.3 is 4.84 Å². The Hall–Kier alpha value is -1.58. The second-order valence-corrected chi connectivity index (χ2v) is 2.58. The van der Waals surface area contributed by atoms with Crippen molar-refractivity contribution >= 4 is 11.0 Å². The summed E-state index contributed by atoms with van der Waals surface area (Å²) in [5.74, 6) is 0. The molecule has 0 atom stereocenters. The highest BCUT2D eigenvalue weighted by Gasteiger charge is 2.02. The van der Waals surface area contributed by atoms with Gasteiger partial charge in [-0.25, -0.2) is 0 Å². The van der Waals surface area contributed by atoms with Crippen LogP contribution in [0, 0.1) is 6.92 Å². The number of hydrogen-bond acceptors (Lipinski definition) is 3. The quantitative estimate of drug-likeness (QED) is 0.624. The van der Waals surface area contributed by atoms with Gasteiger partial charge in [0.1, 0.15) is 18.1 Å². The molecule has 12 heavy (non-hydrogen) atoms. The molecule has 4 heteroatoms. The number of nitrogens with zero attached hydrogens (tertiary/aromatic N) is 3. The first kappa shape index (κ1) is 7.09. The Labute approximate surface area is 69.7 Å². The smallest absolute Gasteiger partial charge is 0.117 e. The largest absolute Gasteiger partial charge is 0.400 e. The SMILES string of the molecule is COn1cc2nccc(C)c2n1. The van der Waals surface area contributed by atoms with Crippen LogP contribution in [0.1, 0.15) is 5.56 Å². The Morgan fingerprint density at radius 1 is 1.50 bits per heavy atom. The van der Waals surface area contributed by atoms with Gasteiger partial charge >= 0.3 is 0 Å². The van der Waals surface area contributed by atoms with Crippen LogP contribution in [0.2, 0.25) is 0 Å². The Morgan fingerprint density at radius 2 is 2.33 bits per heavy atom. The van der Waals surface area contributed by atoms with Gasteiger partial charge in [-0.15, -0.1) is 9.94 Å². The molecular formula is C8H9N3O. The zero-order valence-electron chi connectivity index (χ0n) is 6.98. The van der Waals surface area contributed by atoms with E-state index >= 15 is 0 Å². The first-order valence-corrected chi connectivity index (χ1v) is 3.67. The molecule has 4 nitrogen and oxygen atoms in total. The third-order valence-corrected chi connectivity index (χ3v) is 1.77. The maximum atomic E-state index is 4.92. The van der Waals surface area contributed by atoms with E-state index < -0.39 is 0 Å². The Morgan fingerprint density at radius 3 is 3.00 bits per heavy atom. The molecule has 0 unspecified atom stereocenters. The van der Waals surface area contributed by atoms with Crippen LogP contribution in [0.3, 0.4) is 0 Å². The molecule has 0 bridgehead atoms. The molecule has 0 aliphatic heterocycles. The van der Waals surface area contributed by atoms with Crippen molar-refractivity contribution in [2.45, 2.75) is 6.92 Å². The summed E-state index contributed by atoms with van der Waals surface area (Å²) in [6.45, 7) is 2.00. The molecule has 0 radical (unpaired) electrons. The van der Waals surface area contributed by atoms with Crippen LogP contribution in [0.5, 0.6) is 0 Å². The Bertz CT molecular complexity index is 408. The third-order valence-electron chi connectivity index (χ3n) is 1.77. The van der Waals surface area contributed by atoms with Crippen LogP contribution in [-0.2, 0) is 0 Å². The van der Waals surface area contributed by atoms with Crippen LogP contribution in [-0.4, -0.2) is 22.0 Å². The van der Waals surface area contributed by atoms with Crippen molar-refractivity contribution in [3.05, 3.63) is 24.0 Å². The molecule has 0 aromatic carbocycles. The number of aromatic nitrogens is 3. The first-order chi connectivity index (χ1) is 5.81. The summed E-state index contributed by atoms with van der Waals surface area (Å²) in [5, 5.41) is 4.16. The second-order valence-electron chi connectivity index (χ2n) is 2.58. The van der Waals surface area contributed by atoms with Gasteiger partial charge in [-0.1, -0.05) is 0 Å². The van der Waals surface area contributed by atoms with Crippen molar-refractivity contribution in [3.63, 3.8) is 0 Å². The average Bonchev–Trinajstić information content (AvgIpc) is 2.49. The predicted octanol–water partition coefficient (Wildman–Crippen LogP) is 0.798. The molecular weight excluding hydrogens is 154 g/mol. The van der Waals surface area contributed by atoms with Crippen molar-refractivity contribution in [1.82, 2.24) is 14.9 Å². The maximum absolute atomic E-state index is 4.92. The highest BCUT2D eigenvalue weighted by atomic mass is 16.7. The summed E-state index contributed by atoms with van der Waals surface area (Å²) in [6.07, 6.45) is 3.52. The lowest BCUT2D eigenvalue weighted by atomic mass is 10.2. The van der Waals surface area contributed by atoms with Gasteiger partial charge in [-0.3, -0.25) is 4.98 Å². The fourth-order valence-electron chi connectivity index (χ4n) is 1.12. The lowest BCUT2D eigenvalue weighted by molar-refractivity contribution is 0.136. The highest BCUT2D eigenvalue weighted by Crippen LogP contribution is 2.11. The molecule has 0 N–H and O–H groups in total. The number of rotatable bonds is 1. The first-order valence-electron chi connectivity index (χ1n) is 3.67. The van der Waals surface area contributed by atoms with Gasteiger partial charge in [0.25, 0.3) is 0 Å². The van der Waals surface area contributed by atoms with Crippen molar-refractivity contribution in [2.24, 2.45) is 0 Å². The van der Waals surface area contributed by atoms with Crippen molar-refractivity contribution < 1.29 is 4.84 Å². The summed E-state index contributed by atoms with van der Waals surface area (Å²) in [7, 11) is 1.57. The molecule has 0 aliphatic rings. The normalized spacial score (nSPS) is 10.5. The molecule has 0 aliphatic carbocycles. The van der Waals surface area contributed by atoms with Crippen LogP contribution in [0.4, 0.5) is 0 Å². The summed E-state index contributed by atoms with van der Waals surface area (Å²) < 4.78 is 0. The minimum absolute atomic E-state index is 0.858. The van der Waals surface area contributed by atoms with E-state index in [1.165, 1.54) is 4.85 Å². The topological polar surface area (TPSA) is 39.9 Å². The molecule has 0 saturated carbocycles. The van der Waals surface area contributed by atoms with Crippen LogP contribution < -0.4 is 4.84 Å². The fraction of sp³-hybridized carbons (Fsp3) is 0.250. The lowest BCUT2D eigenvalue weighted by Gasteiger charge is -1.92. The molecule has 0 saturated heterocycles. The van der Waals surface area contributed by atoms with E-state index in [1.54, 1.807) is 19.5 Å². The summed E-state index contributed by atoms with van der Waals surface area (Å²) in [5.41, 5.74) is 2.85. The monoisotopic (exact) mass is 163 g/mol. The molecule has 62 valence electrons. The second kappa shape index (κ2) is 2.48. The van der Waals surface area contributed by atoms with E-state index in [1.807, 2.05) is 13.0 Å². The molecule has 2 heterocycles. The third kappa shape index (κ3) is 0.922. The summed E-state index contributed by atoms with van der Waals surface area (Å²) in [4.78, 5) is 10.5. The van der Waals surface area contributed by atoms with Crippen LogP contribution >= 0.6 is 0 Å². The summed E-state index contributed by atoms with van der Waals surface area (Å²) >= 11 is 0. The summed E-state index contributed by atoms with van der Waals surface area (Å²) in [6, 6.07) is 1.93. The number of pyridine rings is 1. The van der Waals surface area contributed by atoms with Gasteiger partial charge in [0.05, 0.1) is 6.20 Å². The zero-order valence-corrected chi connectivity index (χ0v) is 6.98. The van der Waals surface area contributed by atoms with E-state index in [2.05, 4.69) is 10.1 Å². The molecule has 0 fully saturated rings. The van der Waals surface area contributed by atoms with Crippen molar-refractivity contribution in [3.8, 4) is 0 Å². The van der Waals surface area contributed by atoms with E-state index in [9.17, 15) is 0 Å².